The number of nitrogens with zero attached hydrogens (tertiary/aromatic N) is 2. The van der Waals surface area contributed by atoms with Crippen molar-refractivity contribution in [1.82, 2.24) is 10.2 Å². The molecule has 3 nitrogen and oxygen atoms in total. The SMILES string of the molecule is ClC1(Cl)CC1CSc1nnc(NCCc2cccs2)s1. The van der Waals surface area contributed by atoms with Crippen molar-refractivity contribution < 1.29 is 0 Å². The maximum Gasteiger partial charge on any atom is 0.206 e. The molecule has 0 bridgehead atoms. The van der Waals surface area contributed by atoms with Crippen LogP contribution in [0.5, 0.6) is 0 Å². The summed E-state index contributed by atoms with van der Waals surface area (Å²) in [4.78, 5) is 1.38. The molecule has 1 unspecified atom stereocenters. The Bertz CT molecular complexity index is 556. The monoisotopic (exact) mass is 365 g/mol. The highest BCUT2D eigenvalue weighted by Crippen LogP contribution is 2.54. The van der Waals surface area contributed by atoms with Gasteiger partial charge in [0.05, 0.1) is 0 Å². The molecule has 2 heterocycles. The molecule has 1 aliphatic rings. The number of anilines is 1. The van der Waals surface area contributed by atoms with Crippen molar-refractivity contribution in [3.8, 4) is 0 Å². The lowest BCUT2D eigenvalue weighted by Gasteiger charge is -1.99. The summed E-state index contributed by atoms with van der Waals surface area (Å²) >= 11 is 17.1. The fourth-order valence-electron chi connectivity index (χ4n) is 1.71. The zero-order valence-corrected chi connectivity index (χ0v) is 14.5. The molecule has 1 atom stereocenters. The summed E-state index contributed by atoms with van der Waals surface area (Å²) in [5.74, 6) is 1.30. The van der Waals surface area contributed by atoms with Crippen LogP contribution in [0.3, 0.4) is 0 Å². The lowest BCUT2D eigenvalue weighted by molar-refractivity contribution is 0.961. The van der Waals surface area contributed by atoms with Gasteiger partial charge in [-0.15, -0.1) is 44.7 Å². The van der Waals surface area contributed by atoms with Crippen molar-refractivity contribution in [2.75, 3.05) is 17.6 Å². The molecule has 108 valence electrons. The number of alkyl halides is 2. The normalized spacial score (nSPS) is 20.0. The largest absolute Gasteiger partial charge is 0.360 e. The summed E-state index contributed by atoms with van der Waals surface area (Å²) in [6, 6.07) is 4.22. The van der Waals surface area contributed by atoms with Gasteiger partial charge in [-0.05, 0) is 24.3 Å². The van der Waals surface area contributed by atoms with Gasteiger partial charge in [0.2, 0.25) is 5.13 Å². The van der Waals surface area contributed by atoms with E-state index in [4.69, 9.17) is 23.2 Å². The predicted octanol–water partition coefficient (Wildman–Crippen LogP) is 4.54. The second kappa shape index (κ2) is 6.40. The van der Waals surface area contributed by atoms with Crippen molar-refractivity contribution in [2.24, 2.45) is 5.92 Å². The molecule has 1 aliphatic carbocycles. The number of nitrogens with one attached hydrogen (secondary N) is 1. The molecule has 1 fully saturated rings. The molecular weight excluding hydrogens is 353 g/mol. The standard InChI is InChI=1S/C12H13Cl2N3S3/c13-12(14)6-8(12)7-19-11-17-16-10(20-11)15-4-3-9-2-1-5-18-9/h1-2,5,8H,3-4,6-7H2,(H,15,16). The maximum atomic E-state index is 6.00. The molecule has 8 heteroatoms. The van der Waals surface area contributed by atoms with Crippen molar-refractivity contribution >= 4 is 62.8 Å². The molecule has 20 heavy (non-hydrogen) atoms. The Morgan fingerprint density at radius 2 is 2.30 bits per heavy atom. The maximum absolute atomic E-state index is 6.00. The Hall–Kier alpha value is -0.0100. The predicted molar refractivity (Wildman–Crippen MR) is 89.7 cm³/mol. The van der Waals surface area contributed by atoms with Crippen molar-refractivity contribution in [3.63, 3.8) is 0 Å². The summed E-state index contributed by atoms with van der Waals surface area (Å²) in [5, 5.41) is 14.6. The molecule has 0 aliphatic heterocycles. The van der Waals surface area contributed by atoms with Gasteiger partial charge in [0.15, 0.2) is 4.34 Å². The minimum Gasteiger partial charge on any atom is -0.360 e. The molecular formula is C12H13Cl2N3S3. The van der Waals surface area contributed by atoms with Crippen LogP contribution in [0, 0.1) is 5.92 Å². The fraction of sp³-hybridized carbons (Fsp3) is 0.500. The van der Waals surface area contributed by atoms with E-state index in [0.29, 0.717) is 5.92 Å². The summed E-state index contributed by atoms with van der Waals surface area (Å²) in [6.07, 6.45) is 1.90. The number of thioether (sulfide) groups is 1. The number of halogens is 2. The van der Waals surface area contributed by atoms with Crippen LogP contribution in [0.1, 0.15) is 11.3 Å². The first-order valence-corrected chi connectivity index (χ1v) is 9.67. The first-order valence-electron chi connectivity index (χ1n) is 6.24. The Labute approximate surface area is 140 Å². The highest BCUT2D eigenvalue weighted by atomic mass is 35.5. The van der Waals surface area contributed by atoms with Gasteiger partial charge in [-0.3, -0.25) is 0 Å². The first-order chi connectivity index (χ1) is 9.63. The van der Waals surface area contributed by atoms with Crippen LogP contribution in [0.2, 0.25) is 0 Å². The summed E-state index contributed by atoms with van der Waals surface area (Å²) in [6.45, 7) is 0.884. The average Bonchev–Trinajstić information content (AvgIpc) is 2.85. The summed E-state index contributed by atoms with van der Waals surface area (Å²) < 4.78 is 0.471. The molecule has 0 spiro atoms. The second-order valence-electron chi connectivity index (χ2n) is 4.60. The van der Waals surface area contributed by atoms with Gasteiger partial charge < -0.3 is 5.32 Å². The molecule has 0 saturated heterocycles. The van der Waals surface area contributed by atoms with E-state index in [-0.39, 0.29) is 0 Å². The number of hydrogen-bond acceptors (Lipinski definition) is 6. The molecule has 2 aromatic heterocycles. The highest BCUT2D eigenvalue weighted by Gasteiger charge is 2.51. The minimum atomic E-state index is -0.501. The van der Waals surface area contributed by atoms with Crippen LogP contribution in [-0.4, -0.2) is 26.8 Å². The van der Waals surface area contributed by atoms with E-state index in [0.717, 1.165) is 34.6 Å². The van der Waals surface area contributed by atoms with E-state index in [2.05, 4.69) is 33.0 Å². The highest BCUT2D eigenvalue weighted by molar-refractivity contribution is 8.01. The van der Waals surface area contributed by atoms with Gasteiger partial charge in [0.1, 0.15) is 4.33 Å². The van der Waals surface area contributed by atoms with Crippen LogP contribution in [0.15, 0.2) is 21.9 Å². The molecule has 3 rings (SSSR count). The lowest BCUT2D eigenvalue weighted by atomic mass is 10.3. The third-order valence-corrected chi connectivity index (χ3v) is 7.04. The average molecular weight is 366 g/mol. The van der Waals surface area contributed by atoms with Crippen LogP contribution < -0.4 is 5.32 Å². The number of thiophene rings is 1. The minimum absolute atomic E-state index is 0.384. The van der Waals surface area contributed by atoms with Crippen LogP contribution in [-0.2, 0) is 6.42 Å². The second-order valence-corrected chi connectivity index (χ2v) is 9.42. The molecule has 0 aromatic carbocycles. The van der Waals surface area contributed by atoms with Crippen molar-refractivity contribution in [3.05, 3.63) is 22.4 Å². The van der Waals surface area contributed by atoms with E-state index in [9.17, 15) is 0 Å². The first kappa shape index (κ1) is 14.9. The van der Waals surface area contributed by atoms with E-state index in [1.165, 1.54) is 4.88 Å². The molecule has 1 N–H and O–H groups in total. The van der Waals surface area contributed by atoms with Crippen LogP contribution in [0.25, 0.3) is 0 Å². The molecule has 0 radical (unpaired) electrons. The summed E-state index contributed by atoms with van der Waals surface area (Å²) in [7, 11) is 0. The number of rotatable bonds is 7. The van der Waals surface area contributed by atoms with Crippen molar-refractivity contribution in [1.29, 1.82) is 0 Å². The van der Waals surface area contributed by atoms with Crippen LogP contribution >= 0.6 is 57.6 Å². The zero-order chi connectivity index (χ0) is 14.0. The molecule has 2 aromatic rings. The molecule has 0 amide bonds. The van der Waals surface area contributed by atoms with Gasteiger partial charge in [-0.25, -0.2) is 0 Å². The third kappa shape index (κ3) is 4.01. The lowest BCUT2D eigenvalue weighted by Crippen LogP contribution is -2.03. The Kier molecular flexibility index (Phi) is 4.77. The Balaban J connectivity index is 1.40. The van der Waals surface area contributed by atoms with E-state index in [1.54, 1.807) is 34.4 Å². The number of hydrogen-bond donors (Lipinski definition) is 1. The number of aromatic nitrogens is 2. The Morgan fingerprint density at radius 3 is 3.00 bits per heavy atom. The topological polar surface area (TPSA) is 37.8 Å². The van der Waals surface area contributed by atoms with E-state index >= 15 is 0 Å². The van der Waals surface area contributed by atoms with Crippen molar-refractivity contribution in [2.45, 2.75) is 21.5 Å². The van der Waals surface area contributed by atoms with E-state index < -0.39 is 4.33 Å². The molecule has 1 saturated carbocycles. The van der Waals surface area contributed by atoms with Gasteiger partial charge in [0.25, 0.3) is 0 Å². The fourth-order valence-corrected chi connectivity index (χ4v) is 5.15. The van der Waals surface area contributed by atoms with Crippen LogP contribution in [0.4, 0.5) is 5.13 Å². The Morgan fingerprint density at radius 1 is 1.45 bits per heavy atom. The van der Waals surface area contributed by atoms with Gasteiger partial charge in [0, 0.05) is 23.1 Å². The van der Waals surface area contributed by atoms with E-state index in [1.807, 2.05) is 0 Å². The smallest absolute Gasteiger partial charge is 0.206 e. The zero-order valence-electron chi connectivity index (χ0n) is 10.5. The summed E-state index contributed by atoms with van der Waals surface area (Å²) in [5.41, 5.74) is 0. The quantitative estimate of drug-likeness (QED) is 0.577. The van der Waals surface area contributed by atoms with Gasteiger partial charge >= 0.3 is 0 Å². The van der Waals surface area contributed by atoms with Gasteiger partial charge in [-0.2, -0.15) is 0 Å². The van der Waals surface area contributed by atoms with Gasteiger partial charge in [-0.1, -0.05) is 29.2 Å². The third-order valence-electron chi connectivity index (χ3n) is 3.00.